The molecule has 0 spiro atoms. The molecule has 1 heterocycles. The third kappa shape index (κ3) is 3.13. The molecule has 0 bridgehead atoms. The summed E-state index contributed by atoms with van der Waals surface area (Å²) in [5, 5.41) is 0. The minimum Gasteiger partial charge on any atom is -0.145 e. The molecule has 1 aliphatic rings. The van der Waals surface area contributed by atoms with Gasteiger partial charge in [0.05, 0.1) is 0 Å². The second-order valence-electron chi connectivity index (χ2n) is 6.58. The van der Waals surface area contributed by atoms with Crippen LogP contribution in [0.15, 0.2) is 12.1 Å². The normalized spacial score (nSPS) is 26.1. The maximum Gasteiger partial charge on any atom is 0.0102 e. The molecule has 0 aliphatic heterocycles. The van der Waals surface area contributed by atoms with Crippen LogP contribution in [0.2, 0.25) is 0 Å². The van der Waals surface area contributed by atoms with E-state index in [1.807, 2.05) is 0 Å². The molecule has 1 aromatic heterocycles. The summed E-state index contributed by atoms with van der Waals surface area (Å²) in [6.45, 7) is 9.29. The monoisotopic (exact) mass is 250 g/mol. The lowest BCUT2D eigenvalue weighted by Gasteiger charge is -2.27. The minimum atomic E-state index is 0.323. The minimum absolute atomic E-state index is 0.323. The van der Waals surface area contributed by atoms with Crippen LogP contribution in [-0.2, 0) is 5.41 Å². The van der Waals surface area contributed by atoms with E-state index in [4.69, 9.17) is 0 Å². The van der Waals surface area contributed by atoms with Gasteiger partial charge in [-0.25, -0.2) is 0 Å². The van der Waals surface area contributed by atoms with Gasteiger partial charge in [-0.2, -0.15) is 0 Å². The molecule has 1 heteroatoms. The van der Waals surface area contributed by atoms with Gasteiger partial charge in [-0.3, -0.25) is 0 Å². The molecule has 2 rings (SSSR count). The summed E-state index contributed by atoms with van der Waals surface area (Å²) in [4.78, 5) is 3.19. The number of hydrogen-bond acceptors (Lipinski definition) is 1. The van der Waals surface area contributed by atoms with E-state index in [0.29, 0.717) is 5.41 Å². The molecule has 1 aromatic rings. The van der Waals surface area contributed by atoms with Crippen molar-refractivity contribution in [2.45, 2.75) is 71.1 Å². The van der Waals surface area contributed by atoms with E-state index in [9.17, 15) is 0 Å². The van der Waals surface area contributed by atoms with Crippen LogP contribution in [0.25, 0.3) is 0 Å². The van der Waals surface area contributed by atoms with Crippen molar-refractivity contribution in [3.63, 3.8) is 0 Å². The topological polar surface area (TPSA) is 0 Å². The van der Waals surface area contributed by atoms with Gasteiger partial charge in [0, 0.05) is 9.75 Å². The van der Waals surface area contributed by atoms with Crippen molar-refractivity contribution >= 4 is 11.3 Å². The van der Waals surface area contributed by atoms with Crippen LogP contribution in [0.4, 0.5) is 0 Å². The van der Waals surface area contributed by atoms with E-state index in [0.717, 1.165) is 11.8 Å². The van der Waals surface area contributed by atoms with E-state index in [-0.39, 0.29) is 0 Å². The van der Waals surface area contributed by atoms with Gasteiger partial charge in [-0.15, -0.1) is 11.3 Å². The molecule has 0 N–H and O–H groups in total. The first kappa shape index (κ1) is 13.1. The summed E-state index contributed by atoms with van der Waals surface area (Å²) in [6, 6.07) is 4.74. The van der Waals surface area contributed by atoms with Crippen molar-refractivity contribution in [3.8, 4) is 0 Å². The third-order valence-corrected chi connectivity index (χ3v) is 5.87. The second-order valence-corrected chi connectivity index (χ2v) is 7.69. The van der Waals surface area contributed by atoms with Crippen molar-refractivity contribution in [2.24, 2.45) is 5.92 Å². The Balaban J connectivity index is 2.02. The van der Waals surface area contributed by atoms with Crippen molar-refractivity contribution in [2.75, 3.05) is 0 Å². The molecule has 17 heavy (non-hydrogen) atoms. The average molecular weight is 250 g/mol. The van der Waals surface area contributed by atoms with Crippen molar-refractivity contribution in [3.05, 3.63) is 21.9 Å². The highest BCUT2D eigenvalue weighted by atomic mass is 32.1. The Morgan fingerprint density at radius 1 is 1.12 bits per heavy atom. The summed E-state index contributed by atoms with van der Waals surface area (Å²) < 4.78 is 0. The lowest BCUT2D eigenvalue weighted by Crippen LogP contribution is -2.11. The molecule has 0 nitrogen and oxygen atoms in total. The molecule has 0 saturated heterocycles. The molecule has 0 unspecified atom stereocenters. The molecule has 0 amide bonds. The highest BCUT2D eigenvalue weighted by molar-refractivity contribution is 7.12. The number of thiophene rings is 1. The van der Waals surface area contributed by atoms with E-state index < -0.39 is 0 Å². The fraction of sp³-hybridized carbons (Fsp3) is 0.750. The SMILES string of the molecule is CC[C@H]1CC[C@H](c2ccc(C(C)(C)C)s2)CC1. The first-order chi connectivity index (χ1) is 8.00. The molecule has 0 atom stereocenters. The van der Waals surface area contributed by atoms with E-state index in [1.54, 1.807) is 9.75 Å². The Kier molecular flexibility index (Phi) is 3.97. The van der Waals surface area contributed by atoms with Gasteiger partial charge in [0.25, 0.3) is 0 Å². The highest BCUT2D eigenvalue weighted by Gasteiger charge is 2.24. The largest absolute Gasteiger partial charge is 0.145 e. The van der Waals surface area contributed by atoms with Crippen LogP contribution >= 0.6 is 11.3 Å². The van der Waals surface area contributed by atoms with Gasteiger partial charge >= 0.3 is 0 Å². The molecule has 1 fully saturated rings. The highest BCUT2D eigenvalue weighted by Crippen LogP contribution is 2.41. The van der Waals surface area contributed by atoms with Gasteiger partial charge in [-0.1, -0.05) is 34.1 Å². The van der Waals surface area contributed by atoms with E-state index in [1.165, 1.54) is 32.1 Å². The standard InChI is InChI=1S/C16H26S/c1-5-12-6-8-13(9-7-12)14-10-11-15(17-14)16(2,3)4/h10-13H,5-9H2,1-4H3/t12-,13-. The summed E-state index contributed by atoms with van der Waals surface area (Å²) in [5.41, 5.74) is 0.323. The Morgan fingerprint density at radius 3 is 2.24 bits per heavy atom. The first-order valence-corrected chi connectivity index (χ1v) is 7.92. The fourth-order valence-corrected chi connectivity index (χ4v) is 4.07. The van der Waals surface area contributed by atoms with Crippen molar-refractivity contribution in [1.82, 2.24) is 0 Å². The molecule has 1 saturated carbocycles. The maximum absolute atomic E-state index is 2.39. The van der Waals surface area contributed by atoms with Gasteiger partial charge < -0.3 is 0 Å². The molecular formula is C16H26S. The molecule has 0 radical (unpaired) electrons. The molecule has 1 aliphatic carbocycles. The zero-order valence-corrected chi connectivity index (χ0v) is 12.6. The summed E-state index contributed by atoms with van der Waals surface area (Å²) in [5.74, 6) is 1.87. The van der Waals surface area contributed by atoms with E-state index in [2.05, 4.69) is 51.2 Å². The Labute approximate surface area is 110 Å². The molecular weight excluding hydrogens is 224 g/mol. The first-order valence-electron chi connectivity index (χ1n) is 7.11. The molecule has 0 aromatic carbocycles. The van der Waals surface area contributed by atoms with Crippen LogP contribution in [0.1, 0.15) is 75.5 Å². The average Bonchev–Trinajstić information content (AvgIpc) is 2.78. The van der Waals surface area contributed by atoms with Crippen LogP contribution in [0.3, 0.4) is 0 Å². The maximum atomic E-state index is 2.39. The Hall–Kier alpha value is -0.300. The fourth-order valence-electron chi connectivity index (χ4n) is 2.83. The van der Waals surface area contributed by atoms with Gasteiger partial charge in [-0.05, 0) is 55.1 Å². The van der Waals surface area contributed by atoms with Gasteiger partial charge in [0.2, 0.25) is 0 Å². The van der Waals surface area contributed by atoms with Gasteiger partial charge in [0.15, 0.2) is 0 Å². The summed E-state index contributed by atoms with van der Waals surface area (Å²) in [6.07, 6.45) is 7.11. The number of rotatable bonds is 2. The molecule has 96 valence electrons. The Bertz CT molecular complexity index is 348. The third-order valence-electron chi connectivity index (χ3n) is 4.19. The predicted molar refractivity (Wildman–Crippen MR) is 78.0 cm³/mol. The lowest BCUT2D eigenvalue weighted by atomic mass is 9.80. The predicted octanol–water partition coefficient (Wildman–Crippen LogP) is 5.73. The lowest BCUT2D eigenvalue weighted by molar-refractivity contribution is 0.321. The van der Waals surface area contributed by atoms with Crippen LogP contribution in [0, 0.1) is 5.92 Å². The second kappa shape index (κ2) is 5.14. The van der Waals surface area contributed by atoms with Crippen LogP contribution in [-0.4, -0.2) is 0 Å². The smallest absolute Gasteiger partial charge is 0.0102 e. The quantitative estimate of drug-likeness (QED) is 0.629. The van der Waals surface area contributed by atoms with Crippen LogP contribution < -0.4 is 0 Å². The Morgan fingerprint density at radius 2 is 1.76 bits per heavy atom. The summed E-state index contributed by atoms with van der Waals surface area (Å²) >= 11 is 2.06. The zero-order chi connectivity index (χ0) is 12.5. The zero-order valence-electron chi connectivity index (χ0n) is 11.8. The van der Waals surface area contributed by atoms with Crippen LogP contribution in [0.5, 0.6) is 0 Å². The summed E-state index contributed by atoms with van der Waals surface area (Å²) in [7, 11) is 0. The van der Waals surface area contributed by atoms with E-state index >= 15 is 0 Å². The number of hydrogen-bond donors (Lipinski definition) is 0. The van der Waals surface area contributed by atoms with Gasteiger partial charge in [0.1, 0.15) is 0 Å². The van der Waals surface area contributed by atoms with Crippen molar-refractivity contribution < 1.29 is 0 Å². The van der Waals surface area contributed by atoms with Crippen molar-refractivity contribution in [1.29, 1.82) is 0 Å².